The maximum absolute atomic E-state index is 15.2. The summed E-state index contributed by atoms with van der Waals surface area (Å²) in [6.45, 7) is -1.55. The van der Waals surface area contributed by atoms with Gasteiger partial charge in [0.25, 0.3) is 0 Å². The van der Waals surface area contributed by atoms with Crippen molar-refractivity contribution in [3.05, 3.63) is 119 Å². The molecule has 4 aromatic carbocycles. The molecule has 0 fully saturated rings. The van der Waals surface area contributed by atoms with Crippen LogP contribution < -0.4 is 9.47 Å². The van der Waals surface area contributed by atoms with E-state index in [0.717, 1.165) is 43.4 Å². The van der Waals surface area contributed by atoms with Crippen molar-refractivity contribution < 1.29 is 53.4 Å². The van der Waals surface area contributed by atoms with Gasteiger partial charge in [-0.1, -0.05) is 44.0 Å². The number of alkyl halides is 4. The fourth-order valence-corrected chi connectivity index (χ4v) is 5.02. The third-order valence-corrected chi connectivity index (χ3v) is 7.35. The zero-order valence-corrected chi connectivity index (χ0v) is 25.3. The average Bonchev–Trinajstić information content (AvgIpc) is 3.02. The molecule has 14 heteroatoms. The predicted molar refractivity (Wildman–Crippen MR) is 159 cm³/mol. The summed E-state index contributed by atoms with van der Waals surface area (Å²) in [7, 11) is 0. The van der Waals surface area contributed by atoms with Gasteiger partial charge in [0.2, 0.25) is 0 Å². The van der Waals surface area contributed by atoms with E-state index < -0.39 is 75.8 Å². The Morgan fingerprint density at radius 3 is 1.73 bits per heavy atom. The van der Waals surface area contributed by atoms with E-state index in [2.05, 4.69) is 26.4 Å². The van der Waals surface area contributed by atoms with Crippen LogP contribution in [-0.2, 0) is 12.5 Å². The number of rotatable bonds is 12. The van der Waals surface area contributed by atoms with Crippen LogP contribution in [0, 0.1) is 34.9 Å². The van der Waals surface area contributed by atoms with E-state index >= 15 is 8.78 Å². The van der Waals surface area contributed by atoms with Crippen LogP contribution in [0.2, 0.25) is 0 Å². The van der Waals surface area contributed by atoms with Gasteiger partial charge in [0.1, 0.15) is 34.6 Å². The van der Waals surface area contributed by atoms with Crippen molar-refractivity contribution in [2.45, 2.75) is 45.3 Å². The number of unbranched alkanes of at least 4 members (excludes halogenated alkanes) is 2. The number of hydrogen-bond donors (Lipinski definition) is 0. The second-order valence-corrected chi connectivity index (χ2v) is 10.8. The Bertz CT molecular complexity index is 1920. The second-order valence-electron chi connectivity index (χ2n) is 10.8. The fourth-order valence-electron chi connectivity index (χ4n) is 5.02. The lowest BCUT2D eigenvalue weighted by molar-refractivity contribution is -0.189. The highest BCUT2D eigenvalue weighted by molar-refractivity contribution is 5.73. The van der Waals surface area contributed by atoms with Crippen molar-refractivity contribution in [3.63, 3.8) is 0 Å². The first-order chi connectivity index (χ1) is 23.3. The number of hydrogen-bond acceptors (Lipinski definition) is 4. The van der Waals surface area contributed by atoms with Crippen LogP contribution in [0.4, 0.5) is 43.9 Å². The van der Waals surface area contributed by atoms with Gasteiger partial charge in [0, 0.05) is 41.2 Å². The Labute approximate surface area is 273 Å². The summed E-state index contributed by atoms with van der Waals surface area (Å²) >= 11 is 0. The van der Waals surface area contributed by atoms with Gasteiger partial charge < -0.3 is 9.47 Å². The summed E-state index contributed by atoms with van der Waals surface area (Å²) in [6, 6.07) is 8.14. The molecule has 5 rings (SSSR count). The van der Waals surface area contributed by atoms with E-state index in [1.807, 2.05) is 0 Å². The molecule has 0 aliphatic rings. The van der Waals surface area contributed by atoms with Crippen LogP contribution in [0.25, 0.3) is 33.6 Å². The predicted octanol–water partition coefficient (Wildman–Crippen LogP) is 10.8. The molecule has 0 amide bonds. The quantitative estimate of drug-likeness (QED) is 0.0963. The Kier molecular flexibility index (Phi) is 10.4. The summed E-state index contributed by atoms with van der Waals surface area (Å²) in [5.74, 6) is -12.0. The summed E-state index contributed by atoms with van der Waals surface area (Å²) in [5.41, 5.74) is -1.58. The molecule has 0 N–H and O–H groups in total. The minimum absolute atomic E-state index is 0.0171. The minimum atomic E-state index is -4.88. The average molecular weight is 695 g/mol. The molecule has 49 heavy (non-hydrogen) atoms. The maximum Gasteiger partial charge on any atom is 0.432 e. The molecule has 5 aromatic rings. The summed E-state index contributed by atoms with van der Waals surface area (Å²) in [6.07, 6.45) is 2.40. The molecule has 0 aliphatic carbocycles. The topological polar surface area (TPSA) is 44.2 Å². The van der Waals surface area contributed by atoms with Crippen molar-refractivity contribution in [3.8, 4) is 45.1 Å². The molecule has 0 spiro atoms. The van der Waals surface area contributed by atoms with Gasteiger partial charge in [-0.2, -0.15) is 17.6 Å². The van der Waals surface area contributed by atoms with Crippen molar-refractivity contribution in [2.24, 2.45) is 0 Å². The van der Waals surface area contributed by atoms with Crippen molar-refractivity contribution in [1.82, 2.24) is 9.97 Å². The lowest BCUT2D eigenvalue weighted by Gasteiger charge is -2.20. The normalized spacial score (nSPS) is 11.7. The molecule has 0 bridgehead atoms. The lowest BCUT2D eigenvalue weighted by atomic mass is 9.97. The molecule has 1 aromatic heterocycles. The van der Waals surface area contributed by atoms with E-state index in [-0.39, 0.29) is 29.1 Å². The van der Waals surface area contributed by atoms with Crippen LogP contribution in [0.5, 0.6) is 11.5 Å². The molecule has 0 saturated heterocycles. The van der Waals surface area contributed by atoms with Crippen molar-refractivity contribution >= 4 is 0 Å². The molecule has 0 saturated carbocycles. The van der Waals surface area contributed by atoms with E-state index in [9.17, 15) is 35.1 Å². The molecule has 256 valence electrons. The Hall–Kier alpha value is -5.14. The van der Waals surface area contributed by atoms with Gasteiger partial charge in [0.05, 0.1) is 0 Å². The molecule has 1 heterocycles. The number of aryl methyl sites for hydroxylation is 1. The van der Waals surface area contributed by atoms with Gasteiger partial charge >= 0.3 is 12.7 Å². The van der Waals surface area contributed by atoms with Gasteiger partial charge in [-0.3, -0.25) is 0 Å². The number of ether oxygens (including phenoxy) is 2. The number of benzene rings is 4. The first-order valence-corrected chi connectivity index (χ1v) is 14.7. The zero-order chi connectivity index (χ0) is 35.5. The molecule has 0 aliphatic heterocycles. The van der Waals surface area contributed by atoms with Crippen LogP contribution in [0.3, 0.4) is 0 Å². The fraction of sp³-hybridized carbons (Fsp3) is 0.200. The lowest BCUT2D eigenvalue weighted by Crippen LogP contribution is -2.25. The van der Waals surface area contributed by atoms with Crippen molar-refractivity contribution in [2.75, 3.05) is 0 Å². The van der Waals surface area contributed by atoms with Gasteiger partial charge in [-0.05, 0) is 53.8 Å². The molecule has 0 atom stereocenters. The van der Waals surface area contributed by atoms with Crippen LogP contribution >= 0.6 is 0 Å². The monoisotopic (exact) mass is 694 g/mol. The van der Waals surface area contributed by atoms with Gasteiger partial charge in [-0.15, -0.1) is 0 Å². The minimum Gasteiger partial charge on any atom is -0.429 e. The first-order valence-electron chi connectivity index (χ1n) is 14.7. The largest absolute Gasteiger partial charge is 0.432 e. The highest BCUT2D eigenvalue weighted by Crippen LogP contribution is 2.39. The van der Waals surface area contributed by atoms with Crippen LogP contribution in [0.1, 0.15) is 37.3 Å². The van der Waals surface area contributed by atoms with E-state index in [1.165, 1.54) is 24.3 Å². The third-order valence-electron chi connectivity index (χ3n) is 7.35. The molecule has 0 radical (unpaired) electrons. The molecule has 0 unspecified atom stereocenters. The van der Waals surface area contributed by atoms with Crippen LogP contribution in [0.15, 0.2) is 73.1 Å². The SMILES string of the molecule is CCCCCc1cnc(-c2ccc(-c3ccc(-c4cc(F)c(C(F)(F)Oc5cc(F)c(OC(F)F)c(F)c5)c(F)c4)c(F)c3)c(F)c2)nc1. The number of nitrogens with zero attached hydrogens (tertiary/aromatic N) is 2. The smallest absolute Gasteiger partial charge is 0.429 e. The molecule has 4 nitrogen and oxygen atoms in total. The van der Waals surface area contributed by atoms with Gasteiger partial charge in [-0.25, -0.2) is 36.3 Å². The zero-order valence-electron chi connectivity index (χ0n) is 25.3. The Balaban J connectivity index is 1.36. The van der Waals surface area contributed by atoms with Crippen LogP contribution in [-0.4, -0.2) is 16.6 Å². The Morgan fingerprint density at radius 2 is 1.18 bits per heavy atom. The molecular formula is C35H24F10N2O2. The Morgan fingerprint density at radius 1 is 0.653 bits per heavy atom. The van der Waals surface area contributed by atoms with Gasteiger partial charge in [0.15, 0.2) is 23.2 Å². The maximum atomic E-state index is 15.2. The highest BCUT2D eigenvalue weighted by atomic mass is 19.3. The van der Waals surface area contributed by atoms with E-state index in [4.69, 9.17) is 0 Å². The summed E-state index contributed by atoms with van der Waals surface area (Å²) < 4.78 is 150. The molecular weight excluding hydrogens is 670 g/mol. The second kappa shape index (κ2) is 14.5. The summed E-state index contributed by atoms with van der Waals surface area (Å²) in [5, 5.41) is 0. The number of halogens is 10. The third kappa shape index (κ3) is 7.95. The summed E-state index contributed by atoms with van der Waals surface area (Å²) in [4.78, 5) is 8.59. The van der Waals surface area contributed by atoms with E-state index in [1.54, 1.807) is 12.4 Å². The first kappa shape index (κ1) is 35.2. The number of aromatic nitrogens is 2. The van der Waals surface area contributed by atoms with E-state index in [0.29, 0.717) is 17.7 Å². The standard InChI is InChI=1S/C35H24F10N2O2/c1-2-3-4-5-18-16-46-33(47-17-18)20-7-9-23(26(37)11-20)19-6-8-24(25(36)10-19)21-12-27(38)31(28(39)13-21)35(44,45)49-22-14-29(40)32(30(41)15-22)48-34(42)43/h6-17,34H,2-5H2,1H3. The van der Waals surface area contributed by atoms with Crippen molar-refractivity contribution in [1.29, 1.82) is 0 Å². The highest BCUT2D eigenvalue weighted by Gasteiger charge is 2.42.